The van der Waals surface area contributed by atoms with Crippen molar-refractivity contribution in [2.75, 3.05) is 13.2 Å². The Labute approximate surface area is 260 Å². The zero-order valence-corrected chi connectivity index (χ0v) is 26.6. The van der Waals surface area contributed by atoms with Crippen LogP contribution in [0, 0.1) is 5.92 Å². The lowest BCUT2D eigenvalue weighted by atomic mass is 9.93. The summed E-state index contributed by atoms with van der Waals surface area (Å²) in [7, 11) is 0. The summed E-state index contributed by atoms with van der Waals surface area (Å²) >= 11 is 0. The molecule has 0 radical (unpaired) electrons. The second-order valence-corrected chi connectivity index (χ2v) is 12.1. The third kappa shape index (κ3) is 9.77. The Morgan fingerprint density at radius 2 is 1.61 bits per heavy atom. The van der Waals surface area contributed by atoms with Crippen LogP contribution in [0.3, 0.4) is 0 Å². The second kappa shape index (κ2) is 17.1. The molecule has 2 aliphatic heterocycles. The van der Waals surface area contributed by atoms with E-state index in [1.807, 2.05) is 32.9 Å². The molecule has 0 spiro atoms. The monoisotopic (exact) mass is 614 g/mol. The van der Waals surface area contributed by atoms with Gasteiger partial charge >= 0.3 is 0 Å². The molecule has 2 saturated heterocycles. The summed E-state index contributed by atoms with van der Waals surface area (Å²) in [5, 5.41) is 18.2. The predicted molar refractivity (Wildman–Crippen MR) is 166 cm³/mol. The van der Waals surface area contributed by atoms with Gasteiger partial charge in [0.05, 0.1) is 6.61 Å². The number of carbonyl (C=O) groups excluding carboxylic acids is 5. The van der Waals surface area contributed by atoms with E-state index in [4.69, 9.17) is 4.74 Å². The van der Waals surface area contributed by atoms with Crippen LogP contribution in [0.5, 0.6) is 5.75 Å². The Morgan fingerprint density at radius 1 is 0.932 bits per heavy atom. The van der Waals surface area contributed by atoms with E-state index in [-0.39, 0.29) is 36.4 Å². The molecule has 0 aliphatic carbocycles. The van der Waals surface area contributed by atoms with E-state index in [2.05, 4.69) is 16.0 Å². The Morgan fingerprint density at radius 3 is 2.27 bits per heavy atom. The smallest absolute Gasteiger partial charge is 0.246 e. The first-order valence-corrected chi connectivity index (χ1v) is 16.2. The molecule has 2 heterocycles. The number of benzene rings is 1. The van der Waals surface area contributed by atoms with E-state index in [1.54, 1.807) is 17.0 Å². The number of carbonyl (C=O) groups is 5. The molecule has 1 aromatic carbocycles. The number of nitrogens with zero attached hydrogens (tertiary/aromatic N) is 1. The topological polar surface area (TPSA) is 154 Å². The van der Waals surface area contributed by atoms with Crippen molar-refractivity contribution in [2.45, 2.75) is 122 Å². The molecule has 6 atom stereocenters. The fourth-order valence-corrected chi connectivity index (χ4v) is 5.76. The van der Waals surface area contributed by atoms with Crippen molar-refractivity contribution in [3.05, 3.63) is 29.8 Å². The maximum Gasteiger partial charge on any atom is 0.246 e. The molecule has 11 heteroatoms. The summed E-state index contributed by atoms with van der Waals surface area (Å²) < 4.78 is 5.53. The predicted octanol–water partition coefficient (Wildman–Crippen LogP) is 2.42. The fraction of sp³-hybridized carbons (Fsp3) is 0.667. The van der Waals surface area contributed by atoms with Gasteiger partial charge in [-0.25, -0.2) is 0 Å². The van der Waals surface area contributed by atoms with Crippen molar-refractivity contribution in [1.82, 2.24) is 20.9 Å². The lowest BCUT2D eigenvalue weighted by molar-refractivity contribution is -0.147. The normalized spacial score (nSPS) is 24.5. The van der Waals surface area contributed by atoms with E-state index in [9.17, 15) is 29.1 Å². The van der Waals surface area contributed by atoms with Crippen LogP contribution in [0.1, 0.15) is 91.0 Å². The van der Waals surface area contributed by atoms with Crippen LogP contribution >= 0.6 is 0 Å². The molecule has 44 heavy (non-hydrogen) atoms. The third-order valence-corrected chi connectivity index (χ3v) is 8.69. The van der Waals surface area contributed by atoms with Gasteiger partial charge in [0.25, 0.3) is 0 Å². The number of fused-ring (bicyclic) bond motifs is 1. The molecular formula is C33H50N4O7. The Kier molecular flexibility index (Phi) is 13.6. The van der Waals surface area contributed by atoms with Crippen molar-refractivity contribution < 1.29 is 33.8 Å². The first kappa shape index (κ1) is 35.0. The number of amides is 4. The van der Waals surface area contributed by atoms with Gasteiger partial charge in [-0.05, 0) is 69.6 Å². The standard InChI is InChI=1S/C33H50N4O7/c1-5-21(3)29-33(43)37-19-11-10-13-27(37)32(42)34-25(12-8-7-9-14-28(39)22(4)38)30(40)35-26(31(41)36-29)20-23-15-17-24(18-16-23)44-6-2/h15-18,21-22,25-27,29,38H,5-14,19-20H2,1-4H3,(H,34,42)(H,35,40)(H,36,41)/t21-,22+,25-,26+,27-,29-/m0/s1. The zero-order chi connectivity index (χ0) is 32.2. The first-order chi connectivity index (χ1) is 21.0. The van der Waals surface area contributed by atoms with Crippen LogP contribution in [-0.4, -0.2) is 82.8 Å². The molecule has 244 valence electrons. The molecule has 0 bridgehead atoms. The number of rotatable bonds is 13. The molecule has 4 N–H and O–H groups in total. The van der Waals surface area contributed by atoms with Crippen molar-refractivity contribution in [3.8, 4) is 5.75 Å². The SMILES string of the molecule is CCOc1ccc(C[C@H]2NC(=O)[C@H](CCCCCC(=O)[C@@H](C)O)NC(=O)[C@@H]3CCCCN3C(=O)[C@H]([C@@H](C)CC)NC2=O)cc1. The largest absolute Gasteiger partial charge is 0.494 e. The van der Waals surface area contributed by atoms with Gasteiger partial charge in [-0.2, -0.15) is 0 Å². The maximum atomic E-state index is 13.9. The molecule has 0 unspecified atom stereocenters. The number of hydrogen-bond donors (Lipinski definition) is 4. The number of unbranched alkanes of at least 4 members (excludes halogenated alkanes) is 2. The lowest BCUT2D eigenvalue weighted by Gasteiger charge is -2.39. The molecule has 11 nitrogen and oxygen atoms in total. The van der Waals surface area contributed by atoms with Crippen molar-refractivity contribution in [3.63, 3.8) is 0 Å². The van der Waals surface area contributed by atoms with Gasteiger partial charge in [0, 0.05) is 19.4 Å². The number of nitrogens with one attached hydrogen (secondary N) is 3. The summed E-state index contributed by atoms with van der Waals surface area (Å²) in [6.45, 7) is 8.11. The van der Waals surface area contributed by atoms with Crippen LogP contribution in [0.2, 0.25) is 0 Å². The third-order valence-electron chi connectivity index (χ3n) is 8.69. The minimum atomic E-state index is -1.01. The minimum Gasteiger partial charge on any atom is -0.494 e. The maximum absolute atomic E-state index is 13.9. The van der Waals surface area contributed by atoms with Gasteiger partial charge < -0.3 is 30.7 Å². The molecule has 2 fully saturated rings. The molecule has 1 aromatic rings. The van der Waals surface area contributed by atoms with E-state index in [1.165, 1.54) is 6.92 Å². The number of hydrogen-bond acceptors (Lipinski definition) is 7. The number of ether oxygens (including phenoxy) is 1. The first-order valence-electron chi connectivity index (χ1n) is 16.2. The number of aliphatic hydroxyl groups excluding tert-OH is 1. The fourth-order valence-electron chi connectivity index (χ4n) is 5.76. The average Bonchev–Trinajstić information content (AvgIpc) is 3.02. The van der Waals surface area contributed by atoms with E-state index in [0.717, 1.165) is 18.4 Å². The van der Waals surface area contributed by atoms with Crippen molar-refractivity contribution >= 4 is 29.4 Å². The number of piperidine rings is 1. The summed E-state index contributed by atoms with van der Waals surface area (Å²) in [6, 6.07) is 3.82. The molecule has 2 aliphatic rings. The van der Waals surface area contributed by atoms with Crippen molar-refractivity contribution in [1.29, 1.82) is 0 Å². The number of ketones is 1. The van der Waals surface area contributed by atoms with Crippen molar-refractivity contribution in [2.24, 2.45) is 5.92 Å². The van der Waals surface area contributed by atoms with Gasteiger partial charge in [-0.15, -0.1) is 0 Å². The van der Waals surface area contributed by atoms with Gasteiger partial charge in [-0.1, -0.05) is 45.2 Å². The van der Waals surface area contributed by atoms with E-state index in [0.29, 0.717) is 57.4 Å². The highest BCUT2D eigenvalue weighted by Gasteiger charge is 2.40. The summed E-state index contributed by atoms with van der Waals surface area (Å²) in [5.74, 6) is -1.31. The van der Waals surface area contributed by atoms with Crippen LogP contribution in [0.25, 0.3) is 0 Å². The van der Waals surface area contributed by atoms with Crippen LogP contribution in [0.4, 0.5) is 0 Å². The summed E-state index contributed by atoms with van der Waals surface area (Å²) in [4.78, 5) is 68.5. The molecule has 3 rings (SSSR count). The van der Waals surface area contributed by atoms with Gasteiger partial charge in [0.1, 0.15) is 36.0 Å². The Hall–Kier alpha value is -3.47. The zero-order valence-electron chi connectivity index (χ0n) is 26.6. The Bertz CT molecular complexity index is 1140. The minimum absolute atomic E-state index is 0.180. The highest BCUT2D eigenvalue weighted by atomic mass is 16.5. The second-order valence-electron chi connectivity index (χ2n) is 12.1. The molecule has 0 aromatic heterocycles. The number of Topliss-reactive ketones (excluding diaryl/α,β-unsaturated/α-hetero) is 1. The van der Waals surface area contributed by atoms with Crippen LogP contribution in [0.15, 0.2) is 24.3 Å². The summed E-state index contributed by atoms with van der Waals surface area (Å²) in [5.41, 5.74) is 0.798. The molecule has 0 saturated carbocycles. The van der Waals surface area contributed by atoms with Crippen LogP contribution in [-0.2, 0) is 30.4 Å². The molecule has 4 amide bonds. The lowest BCUT2D eigenvalue weighted by Crippen LogP contribution is -2.64. The summed E-state index contributed by atoms with van der Waals surface area (Å²) in [6.07, 6.45) is 4.09. The highest BCUT2D eigenvalue weighted by molar-refractivity contribution is 5.97. The van der Waals surface area contributed by atoms with Gasteiger partial charge in [0.15, 0.2) is 5.78 Å². The van der Waals surface area contributed by atoms with E-state index < -0.39 is 42.1 Å². The Balaban J connectivity index is 1.88. The van der Waals surface area contributed by atoms with Gasteiger partial charge in [-0.3, -0.25) is 24.0 Å². The number of aliphatic hydroxyl groups is 1. The van der Waals surface area contributed by atoms with Gasteiger partial charge in [0.2, 0.25) is 23.6 Å². The molecular weight excluding hydrogens is 564 g/mol. The van der Waals surface area contributed by atoms with E-state index >= 15 is 0 Å². The highest BCUT2D eigenvalue weighted by Crippen LogP contribution is 2.23. The quantitative estimate of drug-likeness (QED) is 0.249. The van der Waals surface area contributed by atoms with Crippen LogP contribution < -0.4 is 20.7 Å². The average molecular weight is 615 g/mol.